The van der Waals surface area contributed by atoms with E-state index in [4.69, 9.17) is 9.84 Å². The summed E-state index contributed by atoms with van der Waals surface area (Å²) < 4.78 is 5.47. The van der Waals surface area contributed by atoms with Crippen LogP contribution >= 0.6 is 0 Å². The average Bonchev–Trinajstić information content (AvgIpc) is 2.59. The minimum atomic E-state index is 0.156. The predicted molar refractivity (Wildman–Crippen MR) is 96.3 cm³/mol. The van der Waals surface area contributed by atoms with Gasteiger partial charge in [0.15, 0.2) is 0 Å². The van der Waals surface area contributed by atoms with Crippen LogP contribution in [0, 0.1) is 0 Å². The Morgan fingerprint density at radius 2 is 1.83 bits per heavy atom. The molecule has 0 radical (unpaired) electrons. The van der Waals surface area contributed by atoms with Crippen molar-refractivity contribution in [2.24, 2.45) is 0 Å². The van der Waals surface area contributed by atoms with Gasteiger partial charge in [0.05, 0.1) is 6.61 Å². The molecule has 0 heterocycles. The maximum Gasteiger partial charge on any atom is 0.119 e. The molecule has 0 aliphatic rings. The first-order valence-electron chi connectivity index (χ1n) is 7.71. The maximum absolute atomic E-state index is 8.96. The lowest BCUT2D eigenvalue weighted by Crippen LogP contribution is -2.20. The van der Waals surface area contributed by atoms with Crippen molar-refractivity contribution < 1.29 is 9.84 Å². The molecular weight excluding hydrogens is 288 g/mol. The smallest absolute Gasteiger partial charge is 0.119 e. The fourth-order valence-electron chi connectivity index (χ4n) is 2.18. The monoisotopic (exact) mass is 312 g/mol. The lowest BCUT2D eigenvalue weighted by molar-refractivity contribution is 0.304. The van der Waals surface area contributed by atoms with Gasteiger partial charge in [-0.15, -0.1) is 0 Å². The number of aliphatic hydroxyl groups is 1. The Morgan fingerprint density at radius 3 is 2.43 bits per heavy atom. The van der Waals surface area contributed by atoms with Crippen molar-refractivity contribution >= 4 is 11.4 Å². The highest BCUT2D eigenvalue weighted by atomic mass is 16.5. The van der Waals surface area contributed by atoms with Gasteiger partial charge in [-0.1, -0.05) is 24.8 Å². The van der Waals surface area contributed by atoms with Gasteiger partial charge in [-0.05, 0) is 42.0 Å². The standard InChI is InChI=1S/C19H24N2O2/c1-3-14-23-19-10-4-16(5-11-19)15-20-17-6-8-18(9-7-17)21(2)12-13-22/h3-11,20,22H,1,12-15H2,2H3. The minimum absolute atomic E-state index is 0.156. The van der Waals surface area contributed by atoms with Gasteiger partial charge in [0, 0.05) is 31.5 Å². The fourth-order valence-corrected chi connectivity index (χ4v) is 2.18. The molecule has 0 aromatic heterocycles. The van der Waals surface area contributed by atoms with Crippen LogP contribution in [-0.4, -0.2) is 31.9 Å². The topological polar surface area (TPSA) is 44.7 Å². The summed E-state index contributed by atoms with van der Waals surface area (Å²) in [5, 5.41) is 12.4. The second kappa shape index (κ2) is 8.86. The quantitative estimate of drug-likeness (QED) is 0.697. The van der Waals surface area contributed by atoms with Crippen molar-refractivity contribution in [3.8, 4) is 5.75 Å². The zero-order valence-electron chi connectivity index (χ0n) is 13.5. The van der Waals surface area contributed by atoms with Crippen LogP contribution in [0.1, 0.15) is 5.56 Å². The molecule has 23 heavy (non-hydrogen) atoms. The van der Waals surface area contributed by atoms with Crippen LogP contribution in [0.4, 0.5) is 11.4 Å². The summed E-state index contributed by atoms with van der Waals surface area (Å²) in [4.78, 5) is 2.02. The molecule has 0 unspecified atom stereocenters. The molecule has 0 saturated heterocycles. The van der Waals surface area contributed by atoms with E-state index >= 15 is 0 Å². The fraction of sp³-hybridized carbons (Fsp3) is 0.263. The van der Waals surface area contributed by atoms with Gasteiger partial charge in [-0.3, -0.25) is 0 Å². The van der Waals surface area contributed by atoms with Crippen LogP contribution in [-0.2, 0) is 6.54 Å². The first-order chi connectivity index (χ1) is 11.2. The van der Waals surface area contributed by atoms with Gasteiger partial charge in [0.2, 0.25) is 0 Å². The highest BCUT2D eigenvalue weighted by Gasteiger charge is 2.00. The van der Waals surface area contributed by atoms with Crippen molar-refractivity contribution in [1.82, 2.24) is 0 Å². The molecule has 2 rings (SSSR count). The van der Waals surface area contributed by atoms with Gasteiger partial charge < -0.3 is 20.1 Å². The number of benzene rings is 2. The highest BCUT2D eigenvalue weighted by Crippen LogP contribution is 2.18. The molecule has 0 atom stereocenters. The Morgan fingerprint density at radius 1 is 1.13 bits per heavy atom. The van der Waals surface area contributed by atoms with E-state index in [0.29, 0.717) is 13.2 Å². The Hall–Kier alpha value is -2.46. The van der Waals surface area contributed by atoms with Crippen LogP contribution < -0.4 is 15.0 Å². The van der Waals surface area contributed by atoms with Gasteiger partial charge in [0.25, 0.3) is 0 Å². The Kier molecular flexibility index (Phi) is 6.51. The predicted octanol–water partition coefficient (Wildman–Crippen LogP) is 3.29. The second-order valence-corrected chi connectivity index (χ2v) is 5.29. The van der Waals surface area contributed by atoms with Crippen LogP contribution in [0.5, 0.6) is 5.75 Å². The van der Waals surface area contributed by atoms with E-state index in [2.05, 4.69) is 24.0 Å². The number of aliphatic hydroxyl groups excluding tert-OH is 1. The lowest BCUT2D eigenvalue weighted by Gasteiger charge is -2.18. The molecule has 2 aromatic rings. The normalized spacial score (nSPS) is 10.2. The molecule has 0 spiro atoms. The number of hydrogen-bond donors (Lipinski definition) is 2. The minimum Gasteiger partial charge on any atom is -0.490 e. The summed E-state index contributed by atoms with van der Waals surface area (Å²) in [7, 11) is 1.97. The number of likely N-dealkylation sites (N-methyl/N-ethyl adjacent to an activating group) is 1. The van der Waals surface area contributed by atoms with Crippen molar-refractivity contribution in [3.63, 3.8) is 0 Å². The molecule has 122 valence electrons. The molecule has 0 fully saturated rings. The van der Waals surface area contributed by atoms with E-state index in [9.17, 15) is 0 Å². The largest absolute Gasteiger partial charge is 0.490 e. The third-order valence-corrected chi connectivity index (χ3v) is 3.53. The highest BCUT2D eigenvalue weighted by molar-refractivity contribution is 5.55. The van der Waals surface area contributed by atoms with Crippen LogP contribution in [0.15, 0.2) is 61.2 Å². The molecule has 4 heteroatoms. The third kappa shape index (κ3) is 5.34. The van der Waals surface area contributed by atoms with Crippen LogP contribution in [0.2, 0.25) is 0 Å². The Labute approximate surface area is 138 Å². The first kappa shape index (κ1) is 16.9. The Bertz CT molecular complexity index is 594. The van der Waals surface area contributed by atoms with E-state index in [-0.39, 0.29) is 6.61 Å². The summed E-state index contributed by atoms with van der Waals surface area (Å²) in [5.74, 6) is 0.852. The van der Waals surface area contributed by atoms with Crippen molar-refractivity contribution in [3.05, 3.63) is 66.7 Å². The summed E-state index contributed by atoms with van der Waals surface area (Å²) in [6.45, 7) is 5.70. The van der Waals surface area contributed by atoms with Crippen LogP contribution in [0.25, 0.3) is 0 Å². The molecule has 0 bridgehead atoms. The summed E-state index contributed by atoms with van der Waals surface area (Å²) in [6.07, 6.45) is 1.73. The zero-order chi connectivity index (χ0) is 16.5. The van der Waals surface area contributed by atoms with Gasteiger partial charge in [0.1, 0.15) is 12.4 Å². The van der Waals surface area contributed by atoms with Crippen molar-refractivity contribution in [2.75, 3.05) is 37.0 Å². The lowest BCUT2D eigenvalue weighted by atomic mass is 10.2. The van der Waals surface area contributed by atoms with Crippen LogP contribution in [0.3, 0.4) is 0 Å². The number of ether oxygens (including phenoxy) is 1. The zero-order valence-corrected chi connectivity index (χ0v) is 13.5. The second-order valence-electron chi connectivity index (χ2n) is 5.29. The number of hydrogen-bond acceptors (Lipinski definition) is 4. The van der Waals surface area contributed by atoms with E-state index in [1.807, 2.05) is 48.3 Å². The summed E-state index contributed by atoms with van der Waals surface area (Å²) in [5.41, 5.74) is 3.35. The molecule has 0 saturated carbocycles. The number of anilines is 2. The van der Waals surface area contributed by atoms with E-state index in [1.54, 1.807) is 6.08 Å². The maximum atomic E-state index is 8.96. The third-order valence-electron chi connectivity index (χ3n) is 3.53. The molecule has 0 amide bonds. The molecule has 0 aliphatic carbocycles. The molecule has 4 nitrogen and oxygen atoms in total. The Balaban J connectivity index is 1.86. The number of nitrogens with zero attached hydrogens (tertiary/aromatic N) is 1. The van der Waals surface area contributed by atoms with Gasteiger partial charge in [-0.25, -0.2) is 0 Å². The summed E-state index contributed by atoms with van der Waals surface area (Å²) in [6, 6.07) is 16.2. The number of nitrogens with one attached hydrogen (secondary N) is 1. The van der Waals surface area contributed by atoms with Gasteiger partial charge >= 0.3 is 0 Å². The first-order valence-corrected chi connectivity index (χ1v) is 7.71. The van der Waals surface area contributed by atoms with E-state index in [1.165, 1.54) is 5.56 Å². The molecule has 2 N–H and O–H groups in total. The average molecular weight is 312 g/mol. The van der Waals surface area contributed by atoms with E-state index < -0.39 is 0 Å². The molecule has 2 aromatic carbocycles. The molecule has 0 aliphatic heterocycles. The summed E-state index contributed by atoms with van der Waals surface area (Å²) >= 11 is 0. The molecular formula is C19H24N2O2. The van der Waals surface area contributed by atoms with Gasteiger partial charge in [-0.2, -0.15) is 0 Å². The number of rotatable bonds is 9. The van der Waals surface area contributed by atoms with Crippen molar-refractivity contribution in [2.45, 2.75) is 6.54 Å². The SMILES string of the molecule is C=CCOc1ccc(CNc2ccc(N(C)CCO)cc2)cc1. The van der Waals surface area contributed by atoms with E-state index in [0.717, 1.165) is 23.7 Å². The van der Waals surface area contributed by atoms with Crippen molar-refractivity contribution in [1.29, 1.82) is 0 Å².